The molecule has 0 saturated carbocycles. The maximum absolute atomic E-state index is 13.1. The summed E-state index contributed by atoms with van der Waals surface area (Å²) in [6, 6.07) is 0. The Labute approximate surface area is 124 Å². The van der Waals surface area contributed by atoms with E-state index in [-0.39, 0.29) is 11.4 Å². The number of rotatable bonds is 4. The summed E-state index contributed by atoms with van der Waals surface area (Å²) >= 11 is 0. The molecule has 1 radical (unpaired) electrons. The first kappa shape index (κ1) is 17.4. The second-order valence-corrected chi connectivity index (χ2v) is 7.70. The number of hydroxylamine groups is 2. The Bertz CT molecular complexity index is 352. The number of nitrogens with zero attached hydrogens (tertiary/aromatic N) is 2. The molecule has 4 nitrogen and oxygen atoms in total. The van der Waals surface area contributed by atoms with E-state index in [1.165, 1.54) is 0 Å². The topological polar surface area (TPSA) is 43.5 Å². The monoisotopic (exact) mass is 283 g/mol. The molecular formula is C16H31N2O2. The molecule has 0 aromatic heterocycles. The Morgan fingerprint density at radius 2 is 1.55 bits per heavy atom. The van der Waals surface area contributed by atoms with Crippen molar-refractivity contribution >= 4 is 5.91 Å². The number of hydrogen-bond acceptors (Lipinski definition) is 2. The number of piperazine rings is 1. The Morgan fingerprint density at radius 1 is 1.10 bits per heavy atom. The third-order valence-electron chi connectivity index (χ3n) is 4.26. The largest absolute Gasteiger partial charge is 0.334 e. The normalized spacial score (nSPS) is 23.2. The maximum Gasteiger partial charge on any atom is 0.246 e. The van der Waals surface area contributed by atoms with Gasteiger partial charge in [0, 0.05) is 12.1 Å². The third kappa shape index (κ3) is 2.86. The number of carbonyl (C=O) groups excluding carboxylic acids is 1. The van der Waals surface area contributed by atoms with Gasteiger partial charge in [-0.3, -0.25) is 4.79 Å². The summed E-state index contributed by atoms with van der Waals surface area (Å²) in [5.74, 6) is 0.0167. The average Bonchev–Trinajstić information content (AvgIpc) is 2.31. The van der Waals surface area contributed by atoms with Crippen LogP contribution >= 0.6 is 0 Å². The summed E-state index contributed by atoms with van der Waals surface area (Å²) in [4.78, 5) is 15.0. The summed E-state index contributed by atoms with van der Waals surface area (Å²) in [5.41, 5.74) is -1.66. The fraction of sp³-hybridized carbons (Fsp3) is 0.938. The Morgan fingerprint density at radius 3 is 1.90 bits per heavy atom. The minimum atomic E-state index is -0.876. The van der Waals surface area contributed by atoms with Gasteiger partial charge in [-0.2, -0.15) is 0 Å². The average molecular weight is 283 g/mol. The quantitative estimate of drug-likeness (QED) is 0.793. The van der Waals surface area contributed by atoms with Crippen molar-refractivity contribution in [1.29, 1.82) is 0 Å². The summed E-state index contributed by atoms with van der Waals surface area (Å²) < 4.78 is 0. The van der Waals surface area contributed by atoms with Crippen LogP contribution in [0.25, 0.3) is 0 Å². The highest BCUT2D eigenvalue weighted by atomic mass is 16.5. The molecule has 1 amide bonds. The lowest BCUT2D eigenvalue weighted by molar-refractivity contribution is -0.299. The predicted octanol–water partition coefficient (Wildman–Crippen LogP) is 3.39. The number of carbonyl (C=O) groups is 1. The van der Waals surface area contributed by atoms with E-state index < -0.39 is 11.1 Å². The van der Waals surface area contributed by atoms with Crippen molar-refractivity contribution < 1.29 is 10.0 Å². The molecule has 1 fully saturated rings. The summed E-state index contributed by atoms with van der Waals surface area (Å²) in [6.07, 6.45) is 2.97. The van der Waals surface area contributed by atoms with Crippen LogP contribution in [0.1, 0.15) is 74.1 Å². The molecule has 1 aliphatic rings. The van der Waals surface area contributed by atoms with E-state index in [0.717, 1.165) is 17.9 Å². The van der Waals surface area contributed by atoms with Gasteiger partial charge in [-0.05, 0) is 47.5 Å². The highest BCUT2D eigenvalue weighted by Gasteiger charge is 2.57. The molecule has 1 aliphatic heterocycles. The standard InChI is InChI=1S/C16H31N2O2/c1-8-10-16(11-9-2)13(19)17(14(3,4)5)12-15(6,7)18(16)20/h8-12H2,1-7H3. The van der Waals surface area contributed by atoms with E-state index >= 15 is 0 Å². The zero-order valence-corrected chi connectivity index (χ0v) is 14.2. The molecule has 1 saturated heterocycles. The number of amides is 1. The highest BCUT2D eigenvalue weighted by molar-refractivity contribution is 5.88. The van der Waals surface area contributed by atoms with Gasteiger partial charge in [-0.1, -0.05) is 26.7 Å². The van der Waals surface area contributed by atoms with Crippen LogP contribution in [0.3, 0.4) is 0 Å². The van der Waals surface area contributed by atoms with E-state index in [4.69, 9.17) is 0 Å². The summed E-state index contributed by atoms with van der Waals surface area (Å²) in [5, 5.41) is 14.0. The first-order chi connectivity index (χ1) is 9.03. The van der Waals surface area contributed by atoms with E-state index in [9.17, 15) is 10.0 Å². The Kier molecular flexibility index (Phi) is 4.92. The predicted molar refractivity (Wildman–Crippen MR) is 80.6 cm³/mol. The zero-order chi connectivity index (χ0) is 15.8. The zero-order valence-electron chi connectivity index (χ0n) is 14.2. The molecule has 4 heteroatoms. The first-order valence-electron chi connectivity index (χ1n) is 7.82. The van der Waals surface area contributed by atoms with Gasteiger partial charge in [0.25, 0.3) is 0 Å². The smallest absolute Gasteiger partial charge is 0.246 e. The first-order valence-corrected chi connectivity index (χ1v) is 7.82. The van der Waals surface area contributed by atoms with Gasteiger partial charge in [0.2, 0.25) is 5.91 Å². The molecule has 0 aliphatic carbocycles. The van der Waals surface area contributed by atoms with Crippen LogP contribution in [0.15, 0.2) is 0 Å². The molecule has 1 heterocycles. The maximum atomic E-state index is 13.1. The van der Waals surface area contributed by atoms with Crippen molar-refractivity contribution in [1.82, 2.24) is 9.96 Å². The van der Waals surface area contributed by atoms with Crippen LogP contribution in [0.2, 0.25) is 0 Å². The Hall–Kier alpha value is -0.610. The molecule has 117 valence electrons. The van der Waals surface area contributed by atoms with Crippen molar-refractivity contribution in [3.63, 3.8) is 0 Å². The fourth-order valence-corrected chi connectivity index (χ4v) is 3.35. The molecule has 0 N–H and O–H groups in total. The molecule has 20 heavy (non-hydrogen) atoms. The van der Waals surface area contributed by atoms with Gasteiger partial charge in [0.15, 0.2) is 0 Å². The molecule has 0 atom stereocenters. The fourth-order valence-electron chi connectivity index (χ4n) is 3.35. The van der Waals surface area contributed by atoms with Gasteiger partial charge >= 0.3 is 0 Å². The van der Waals surface area contributed by atoms with E-state index in [0.29, 0.717) is 19.4 Å². The van der Waals surface area contributed by atoms with Crippen molar-refractivity contribution in [2.45, 2.75) is 90.8 Å². The van der Waals surface area contributed by atoms with Crippen molar-refractivity contribution in [3.8, 4) is 0 Å². The van der Waals surface area contributed by atoms with Gasteiger partial charge in [0.05, 0.1) is 5.54 Å². The van der Waals surface area contributed by atoms with Crippen LogP contribution in [-0.2, 0) is 10.0 Å². The molecule has 0 aromatic carbocycles. The van der Waals surface area contributed by atoms with Crippen LogP contribution < -0.4 is 0 Å². The van der Waals surface area contributed by atoms with Gasteiger partial charge < -0.3 is 4.90 Å². The minimum absolute atomic E-state index is 0.0167. The lowest BCUT2D eigenvalue weighted by Gasteiger charge is -2.56. The van der Waals surface area contributed by atoms with E-state index in [1.54, 1.807) is 0 Å². The van der Waals surface area contributed by atoms with Gasteiger partial charge in [0.1, 0.15) is 5.54 Å². The molecule has 0 bridgehead atoms. The van der Waals surface area contributed by atoms with Crippen molar-refractivity contribution in [2.24, 2.45) is 0 Å². The lowest BCUT2D eigenvalue weighted by Crippen LogP contribution is -2.74. The Balaban J connectivity index is 3.32. The van der Waals surface area contributed by atoms with Crippen LogP contribution in [0, 0.1) is 0 Å². The van der Waals surface area contributed by atoms with Crippen molar-refractivity contribution in [2.75, 3.05) is 6.54 Å². The van der Waals surface area contributed by atoms with Crippen LogP contribution in [0.5, 0.6) is 0 Å². The SMILES string of the molecule is CCCC1(CCC)C(=O)N(C(C)(C)C)CC(C)(C)N1[O]. The molecule has 0 aromatic rings. The third-order valence-corrected chi connectivity index (χ3v) is 4.26. The molecule has 1 rings (SSSR count). The molecular weight excluding hydrogens is 252 g/mol. The van der Waals surface area contributed by atoms with Crippen molar-refractivity contribution in [3.05, 3.63) is 0 Å². The van der Waals surface area contributed by atoms with E-state index in [2.05, 4.69) is 0 Å². The molecule has 0 unspecified atom stereocenters. The van der Waals surface area contributed by atoms with Crippen LogP contribution in [-0.4, -0.2) is 39.0 Å². The summed E-state index contributed by atoms with van der Waals surface area (Å²) in [6.45, 7) is 14.6. The van der Waals surface area contributed by atoms with Gasteiger partial charge in [-0.15, -0.1) is 10.3 Å². The second kappa shape index (κ2) is 5.64. The highest BCUT2D eigenvalue weighted by Crippen LogP contribution is 2.40. The summed E-state index contributed by atoms with van der Waals surface area (Å²) in [7, 11) is 0. The number of hydrogen-bond donors (Lipinski definition) is 0. The van der Waals surface area contributed by atoms with E-state index in [1.807, 2.05) is 53.4 Å². The second-order valence-electron chi connectivity index (χ2n) is 7.70. The minimum Gasteiger partial charge on any atom is -0.334 e. The van der Waals surface area contributed by atoms with Gasteiger partial charge in [-0.25, -0.2) is 0 Å². The van der Waals surface area contributed by atoms with Crippen LogP contribution in [0.4, 0.5) is 0 Å². The molecule has 0 spiro atoms. The lowest BCUT2D eigenvalue weighted by atomic mass is 9.78.